The second-order valence-corrected chi connectivity index (χ2v) is 7.22. The zero-order valence-corrected chi connectivity index (χ0v) is 14.0. The fraction of sp³-hybridized carbons (Fsp3) is 0.316. The number of para-hydroxylation sites is 1. The van der Waals surface area contributed by atoms with Crippen LogP contribution in [0, 0.1) is 6.92 Å². The molecule has 3 nitrogen and oxygen atoms in total. The van der Waals surface area contributed by atoms with Crippen LogP contribution < -0.4 is 5.32 Å². The summed E-state index contributed by atoms with van der Waals surface area (Å²) in [5.74, 6) is -0.00500. The van der Waals surface area contributed by atoms with Crippen LogP contribution in [0.2, 0.25) is 0 Å². The average Bonchev–Trinajstić information content (AvgIpc) is 3.24. The molecule has 0 saturated heterocycles. The first kappa shape index (κ1) is 14.5. The topological polar surface area (TPSA) is 34.0 Å². The van der Waals surface area contributed by atoms with E-state index in [9.17, 15) is 4.79 Å². The molecule has 23 heavy (non-hydrogen) atoms. The van der Waals surface area contributed by atoms with Crippen LogP contribution in [0.4, 0.5) is 5.69 Å². The largest absolute Gasteiger partial charge is 0.333 e. The van der Waals surface area contributed by atoms with E-state index in [2.05, 4.69) is 21.3 Å². The summed E-state index contributed by atoms with van der Waals surface area (Å²) in [7, 11) is 0. The van der Waals surface area contributed by atoms with E-state index in [1.807, 2.05) is 37.3 Å². The lowest BCUT2D eigenvalue weighted by Crippen LogP contribution is -2.19. The molecule has 2 aromatic heterocycles. The minimum absolute atomic E-state index is 0.00500. The van der Waals surface area contributed by atoms with E-state index in [0.29, 0.717) is 6.04 Å². The third-order valence-electron chi connectivity index (χ3n) is 4.78. The zero-order valence-electron chi connectivity index (χ0n) is 13.2. The van der Waals surface area contributed by atoms with Gasteiger partial charge in [0, 0.05) is 11.7 Å². The van der Waals surface area contributed by atoms with Crippen molar-refractivity contribution in [3.63, 3.8) is 0 Å². The van der Waals surface area contributed by atoms with Crippen LogP contribution in [0.3, 0.4) is 0 Å². The number of benzene rings is 1. The van der Waals surface area contributed by atoms with E-state index in [4.69, 9.17) is 0 Å². The van der Waals surface area contributed by atoms with E-state index in [1.54, 1.807) is 11.3 Å². The van der Waals surface area contributed by atoms with Gasteiger partial charge in [0.05, 0.1) is 10.2 Å². The van der Waals surface area contributed by atoms with Crippen molar-refractivity contribution in [3.8, 4) is 0 Å². The highest BCUT2D eigenvalue weighted by Gasteiger charge is 2.25. The number of aryl methyl sites for hydroxylation is 1. The SMILES string of the molecule is Cc1ccccc1NC(=O)c1cc2sccc2n1C1CCCC1. The Morgan fingerprint density at radius 2 is 2.00 bits per heavy atom. The molecule has 1 aliphatic carbocycles. The molecule has 0 unspecified atom stereocenters. The minimum Gasteiger partial charge on any atom is -0.333 e. The lowest BCUT2D eigenvalue weighted by Gasteiger charge is -2.17. The molecule has 4 rings (SSSR count). The van der Waals surface area contributed by atoms with Gasteiger partial charge in [-0.2, -0.15) is 0 Å². The summed E-state index contributed by atoms with van der Waals surface area (Å²) in [6.07, 6.45) is 4.86. The third kappa shape index (κ3) is 2.57. The Bertz CT molecular complexity index is 855. The molecule has 3 aromatic rings. The standard InChI is InChI=1S/C19H20N2OS/c1-13-6-2-5-9-15(13)20-19(22)17-12-18-16(10-11-23-18)21(17)14-7-3-4-8-14/h2,5-6,9-12,14H,3-4,7-8H2,1H3,(H,20,22). The molecular weight excluding hydrogens is 304 g/mol. The number of rotatable bonds is 3. The predicted molar refractivity (Wildman–Crippen MR) is 96.5 cm³/mol. The molecule has 1 N–H and O–H groups in total. The normalized spacial score (nSPS) is 15.3. The van der Waals surface area contributed by atoms with Gasteiger partial charge in [0.15, 0.2) is 0 Å². The Morgan fingerprint density at radius 1 is 1.22 bits per heavy atom. The number of aromatic nitrogens is 1. The Kier molecular flexibility index (Phi) is 3.69. The third-order valence-corrected chi connectivity index (χ3v) is 5.63. The maximum Gasteiger partial charge on any atom is 0.272 e. The molecule has 1 saturated carbocycles. The summed E-state index contributed by atoms with van der Waals surface area (Å²) in [6.45, 7) is 2.02. The Labute approximate surface area is 139 Å². The Morgan fingerprint density at radius 3 is 2.78 bits per heavy atom. The maximum atomic E-state index is 12.9. The van der Waals surface area contributed by atoms with Crippen LogP contribution in [-0.2, 0) is 0 Å². The molecule has 1 aliphatic rings. The summed E-state index contributed by atoms with van der Waals surface area (Å²) in [5.41, 5.74) is 3.97. The Balaban J connectivity index is 1.73. The molecule has 118 valence electrons. The number of fused-ring (bicyclic) bond motifs is 1. The second kappa shape index (κ2) is 5.85. The molecule has 1 aromatic carbocycles. The van der Waals surface area contributed by atoms with E-state index < -0.39 is 0 Å². The molecular formula is C19H20N2OS. The van der Waals surface area contributed by atoms with Crippen molar-refractivity contribution in [2.75, 3.05) is 5.32 Å². The molecule has 2 heterocycles. The highest BCUT2D eigenvalue weighted by Crippen LogP contribution is 2.36. The number of nitrogens with one attached hydrogen (secondary N) is 1. The molecule has 1 amide bonds. The van der Waals surface area contributed by atoms with E-state index in [-0.39, 0.29) is 5.91 Å². The monoisotopic (exact) mass is 324 g/mol. The van der Waals surface area contributed by atoms with Gasteiger partial charge in [-0.25, -0.2) is 0 Å². The van der Waals surface area contributed by atoms with Crippen molar-refractivity contribution in [2.24, 2.45) is 0 Å². The van der Waals surface area contributed by atoms with Crippen LogP contribution in [0.5, 0.6) is 0 Å². The predicted octanol–water partition coefficient (Wildman–Crippen LogP) is 5.38. The summed E-state index contributed by atoms with van der Waals surface area (Å²) < 4.78 is 3.47. The van der Waals surface area contributed by atoms with Gasteiger partial charge in [-0.1, -0.05) is 31.0 Å². The molecule has 4 heteroatoms. The van der Waals surface area contributed by atoms with Crippen LogP contribution >= 0.6 is 11.3 Å². The molecule has 0 radical (unpaired) electrons. The van der Waals surface area contributed by atoms with Crippen molar-refractivity contribution in [1.82, 2.24) is 4.57 Å². The molecule has 0 atom stereocenters. The molecule has 0 spiro atoms. The van der Waals surface area contributed by atoms with Crippen molar-refractivity contribution in [3.05, 3.63) is 53.0 Å². The number of anilines is 1. The number of hydrogen-bond donors (Lipinski definition) is 1. The second-order valence-electron chi connectivity index (χ2n) is 6.28. The van der Waals surface area contributed by atoms with Gasteiger partial charge in [-0.05, 0) is 48.9 Å². The summed E-state index contributed by atoms with van der Waals surface area (Å²) >= 11 is 1.71. The van der Waals surface area contributed by atoms with E-state index >= 15 is 0 Å². The molecule has 1 fully saturated rings. The summed E-state index contributed by atoms with van der Waals surface area (Å²) in [5, 5.41) is 5.20. The lowest BCUT2D eigenvalue weighted by molar-refractivity contribution is 0.101. The molecule has 0 bridgehead atoms. The van der Waals surface area contributed by atoms with Gasteiger partial charge in [0.1, 0.15) is 5.69 Å². The Hall–Kier alpha value is -2.07. The fourth-order valence-corrected chi connectivity index (χ4v) is 4.39. The fourth-order valence-electron chi connectivity index (χ4n) is 3.58. The van der Waals surface area contributed by atoms with Crippen molar-refractivity contribution >= 4 is 33.1 Å². The average molecular weight is 324 g/mol. The van der Waals surface area contributed by atoms with Crippen molar-refractivity contribution in [2.45, 2.75) is 38.6 Å². The maximum absolute atomic E-state index is 12.9. The lowest BCUT2D eigenvalue weighted by atomic mass is 10.2. The van der Waals surface area contributed by atoms with Crippen LogP contribution in [0.1, 0.15) is 47.8 Å². The van der Waals surface area contributed by atoms with Gasteiger partial charge in [0.2, 0.25) is 0 Å². The highest BCUT2D eigenvalue weighted by atomic mass is 32.1. The quantitative estimate of drug-likeness (QED) is 0.689. The summed E-state index contributed by atoms with van der Waals surface area (Å²) in [4.78, 5) is 12.9. The zero-order chi connectivity index (χ0) is 15.8. The van der Waals surface area contributed by atoms with Gasteiger partial charge >= 0.3 is 0 Å². The van der Waals surface area contributed by atoms with E-state index in [0.717, 1.165) is 16.9 Å². The smallest absolute Gasteiger partial charge is 0.272 e. The van der Waals surface area contributed by atoms with Crippen LogP contribution in [0.25, 0.3) is 10.2 Å². The number of carbonyl (C=O) groups excluding carboxylic acids is 1. The summed E-state index contributed by atoms with van der Waals surface area (Å²) in [6, 6.07) is 12.6. The number of thiophene rings is 1. The van der Waals surface area contributed by atoms with Gasteiger partial charge < -0.3 is 9.88 Å². The number of amides is 1. The van der Waals surface area contributed by atoms with Gasteiger partial charge in [-0.15, -0.1) is 11.3 Å². The highest BCUT2D eigenvalue weighted by molar-refractivity contribution is 7.17. The van der Waals surface area contributed by atoms with Gasteiger partial charge in [-0.3, -0.25) is 4.79 Å². The first-order valence-electron chi connectivity index (χ1n) is 8.19. The minimum atomic E-state index is -0.00500. The van der Waals surface area contributed by atoms with Crippen molar-refractivity contribution < 1.29 is 4.79 Å². The van der Waals surface area contributed by atoms with Crippen LogP contribution in [-0.4, -0.2) is 10.5 Å². The van der Waals surface area contributed by atoms with Crippen LogP contribution in [0.15, 0.2) is 41.8 Å². The number of carbonyl (C=O) groups is 1. The van der Waals surface area contributed by atoms with Gasteiger partial charge in [0.25, 0.3) is 5.91 Å². The van der Waals surface area contributed by atoms with Crippen molar-refractivity contribution in [1.29, 1.82) is 0 Å². The first-order chi connectivity index (χ1) is 11.2. The number of hydrogen-bond acceptors (Lipinski definition) is 2. The number of nitrogens with zero attached hydrogens (tertiary/aromatic N) is 1. The van der Waals surface area contributed by atoms with E-state index in [1.165, 1.54) is 35.9 Å². The first-order valence-corrected chi connectivity index (χ1v) is 9.07. The molecule has 0 aliphatic heterocycles.